The van der Waals surface area contributed by atoms with Crippen LogP contribution < -0.4 is 5.32 Å². The van der Waals surface area contributed by atoms with Gasteiger partial charge >= 0.3 is 0 Å². The summed E-state index contributed by atoms with van der Waals surface area (Å²) in [5.74, 6) is 0.00961. The first-order valence-corrected chi connectivity index (χ1v) is 6.80. The lowest BCUT2D eigenvalue weighted by Crippen LogP contribution is -2.28. The van der Waals surface area contributed by atoms with Crippen molar-refractivity contribution in [2.45, 2.75) is 13.0 Å². The number of hydrogen-bond donors (Lipinski definition) is 2. The molecule has 0 radical (unpaired) electrons. The van der Waals surface area contributed by atoms with Crippen LogP contribution >= 0.6 is 0 Å². The number of fused-ring (bicyclic) bond motifs is 1. The van der Waals surface area contributed by atoms with Gasteiger partial charge in [-0.25, -0.2) is 0 Å². The largest absolute Gasteiger partial charge is 0.394 e. The van der Waals surface area contributed by atoms with Gasteiger partial charge in [-0.15, -0.1) is 0 Å². The minimum absolute atomic E-state index is 0.00858. The molecule has 0 spiro atoms. The number of nitrogens with zero attached hydrogens (tertiary/aromatic N) is 1. The zero-order valence-electron chi connectivity index (χ0n) is 11.4. The van der Waals surface area contributed by atoms with Crippen molar-refractivity contribution >= 4 is 16.8 Å². The molecule has 0 bridgehead atoms. The third kappa shape index (κ3) is 4.08. The van der Waals surface area contributed by atoms with Gasteiger partial charge in [0.15, 0.2) is 0 Å². The maximum absolute atomic E-state index is 11.7. The van der Waals surface area contributed by atoms with Crippen molar-refractivity contribution < 1.29 is 14.6 Å². The van der Waals surface area contributed by atoms with Gasteiger partial charge in [-0.3, -0.25) is 4.79 Å². The van der Waals surface area contributed by atoms with Gasteiger partial charge < -0.3 is 19.7 Å². The van der Waals surface area contributed by atoms with Crippen LogP contribution in [0.1, 0.15) is 6.42 Å². The van der Waals surface area contributed by atoms with Crippen molar-refractivity contribution in [3.05, 3.63) is 36.5 Å². The van der Waals surface area contributed by atoms with Crippen LogP contribution in [-0.4, -0.2) is 41.9 Å². The number of ether oxygens (including phenoxy) is 1. The van der Waals surface area contributed by atoms with E-state index in [0.717, 1.165) is 5.52 Å². The standard InChI is InChI=1S/C15H20N2O3/c18-10-12-20-11-7-16-15(19)6-9-17-8-5-13-3-1-2-4-14(13)17/h1-5,8,18H,6-7,9-12H2,(H,16,19). The molecule has 2 aromatic rings. The molecule has 0 atom stereocenters. The van der Waals surface area contributed by atoms with Crippen molar-refractivity contribution in [3.63, 3.8) is 0 Å². The van der Waals surface area contributed by atoms with Gasteiger partial charge in [0.2, 0.25) is 5.91 Å². The number of carbonyl (C=O) groups excluding carboxylic acids is 1. The number of hydrogen-bond acceptors (Lipinski definition) is 3. The molecule has 20 heavy (non-hydrogen) atoms. The van der Waals surface area contributed by atoms with Gasteiger partial charge in [0.1, 0.15) is 0 Å². The van der Waals surface area contributed by atoms with E-state index in [9.17, 15) is 4.79 Å². The summed E-state index contributed by atoms with van der Waals surface area (Å²) in [6, 6.07) is 10.2. The number of para-hydroxylation sites is 1. The van der Waals surface area contributed by atoms with E-state index in [1.165, 1.54) is 5.39 Å². The van der Waals surface area contributed by atoms with Crippen LogP contribution in [0.25, 0.3) is 10.9 Å². The smallest absolute Gasteiger partial charge is 0.221 e. The highest BCUT2D eigenvalue weighted by atomic mass is 16.5. The Kier molecular flexibility index (Phi) is 5.58. The number of benzene rings is 1. The van der Waals surface area contributed by atoms with Gasteiger partial charge in [-0.1, -0.05) is 18.2 Å². The maximum Gasteiger partial charge on any atom is 0.221 e. The van der Waals surface area contributed by atoms with E-state index in [2.05, 4.69) is 28.1 Å². The van der Waals surface area contributed by atoms with Crippen molar-refractivity contribution in [2.75, 3.05) is 26.4 Å². The average molecular weight is 276 g/mol. The first kappa shape index (κ1) is 14.6. The fourth-order valence-corrected chi connectivity index (χ4v) is 2.08. The molecule has 0 aliphatic heterocycles. The van der Waals surface area contributed by atoms with Gasteiger partial charge in [0.05, 0.1) is 19.8 Å². The van der Waals surface area contributed by atoms with E-state index >= 15 is 0 Å². The van der Waals surface area contributed by atoms with E-state index in [0.29, 0.717) is 32.7 Å². The highest BCUT2D eigenvalue weighted by molar-refractivity contribution is 5.80. The summed E-state index contributed by atoms with van der Waals surface area (Å²) in [5.41, 5.74) is 1.14. The van der Waals surface area contributed by atoms with E-state index in [-0.39, 0.29) is 12.5 Å². The Morgan fingerprint density at radius 1 is 1.25 bits per heavy atom. The van der Waals surface area contributed by atoms with Crippen LogP contribution in [0.4, 0.5) is 0 Å². The first-order chi connectivity index (χ1) is 9.81. The molecule has 0 aliphatic rings. The molecule has 5 heteroatoms. The minimum atomic E-state index is 0.00858. The van der Waals surface area contributed by atoms with Crippen LogP contribution in [0.15, 0.2) is 36.5 Å². The van der Waals surface area contributed by atoms with Crippen molar-refractivity contribution in [1.29, 1.82) is 0 Å². The van der Waals surface area contributed by atoms with Crippen molar-refractivity contribution in [3.8, 4) is 0 Å². The number of carbonyl (C=O) groups is 1. The molecule has 2 rings (SSSR count). The lowest BCUT2D eigenvalue weighted by atomic mass is 10.2. The highest BCUT2D eigenvalue weighted by Gasteiger charge is 2.04. The molecular formula is C15H20N2O3. The van der Waals surface area contributed by atoms with Crippen LogP contribution in [0, 0.1) is 0 Å². The summed E-state index contributed by atoms with van der Waals surface area (Å²) in [5, 5.41) is 12.5. The number of rotatable bonds is 8. The molecule has 0 aliphatic carbocycles. The molecule has 0 saturated heterocycles. The Hall–Kier alpha value is -1.85. The molecule has 108 valence electrons. The molecule has 2 N–H and O–H groups in total. The van der Waals surface area contributed by atoms with E-state index in [1.54, 1.807) is 0 Å². The van der Waals surface area contributed by atoms with Gasteiger partial charge in [0.25, 0.3) is 0 Å². The third-order valence-electron chi connectivity index (χ3n) is 3.06. The molecule has 1 aromatic carbocycles. The van der Waals surface area contributed by atoms with Gasteiger partial charge in [0, 0.05) is 31.2 Å². The molecule has 1 heterocycles. The summed E-state index contributed by atoms with van der Waals surface area (Å²) in [4.78, 5) is 11.7. The molecular weight excluding hydrogens is 256 g/mol. The normalized spacial score (nSPS) is 10.8. The lowest BCUT2D eigenvalue weighted by molar-refractivity contribution is -0.121. The number of aliphatic hydroxyl groups is 1. The number of aliphatic hydroxyl groups excluding tert-OH is 1. The second-order valence-corrected chi connectivity index (χ2v) is 4.50. The second kappa shape index (κ2) is 7.67. The molecule has 1 aromatic heterocycles. The second-order valence-electron chi connectivity index (χ2n) is 4.50. The SMILES string of the molecule is O=C(CCn1ccc2ccccc21)NCCOCCO. The van der Waals surface area contributed by atoms with E-state index in [1.807, 2.05) is 18.3 Å². The first-order valence-electron chi connectivity index (χ1n) is 6.80. The van der Waals surface area contributed by atoms with Crippen LogP contribution in [0.2, 0.25) is 0 Å². The molecule has 0 unspecified atom stereocenters. The van der Waals surface area contributed by atoms with Gasteiger partial charge in [-0.05, 0) is 17.5 Å². The quantitative estimate of drug-likeness (QED) is 0.711. The molecule has 0 fully saturated rings. The van der Waals surface area contributed by atoms with Crippen LogP contribution in [-0.2, 0) is 16.1 Å². The van der Waals surface area contributed by atoms with Crippen LogP contribution in [0.5, 0.6) is 0 Å². The number of aryl methyl sites for hydroxylation is 1. The Bertz CT molecular complexity index is 551. The summed E-state index contributed by atoms with van der Waals surface area (Å²) in [7, 11) is 0. The van der Waals surface area contributed by atoms with Crippen molar-refractivity contribution in [2.24, 2.45) is 0 Å². The molecule has 0 saturated carbocycles. The zero-order valence-corrected chi connectivity index (χ0v) is 11.4. The summed E-state index contributed by atoms with van der Waals surface area (Å²) >= 11 is 0. The van der Waals surface area contributed by atoms with Crippen LogP contribution in [0.3, 0.4) is 0 Å². The zero-order chi connectivity index (χ0) is 14.2. The Morgan fingerprint density at radius 3 is 2.95 bits per heavy atom. The fraction of sp³-hybridized carbons (Fsp3) is 0.400. The Morgan fingerprint density at radius 2 is 2.10 bits per heavy atom. The average Bonchev–Trinajstić information content (AvgIpc) is 2.88. The Balaban J connectivity index is 1.73. The maximum atomic E-state index is 11.7. The Labute approximate surface area is 118 Å². The van der Waals surface area contributed by atoms with Gasteiger partial charge in [-0.2, -0.15) is 0 Å². The number of aromatic nitrogens is 1. The molecule has 5 nitrogen and oxygen atoms in total. The summed E-state index contributed by atoms with van der Waals surface area (Å²) in [6.07, 6.45) is 2.45. The van der Waals surface area contributed by atoms with E-state index < -0.39 is 0 Å². The summed E-state index contributed by atoms with van der Waals surface area (Å²) in [6.45, 7) is 1.89. The highest BCUT2D eigenvalue weighted by Crippen LogP contribution is 2.15. The molecule has 1 amide bonds. The number of amides is 1. The monoisotopic (exact) mass is 276 g/mol. The van der Waals surface area contributed by atoms with E-state index in [4.69, 9.17) is 9.84 Å². The topological polar surface area (TPSA) is 63.5 Å². The number of nitrogens with one attached hydrogen (secondary N) is 1. The third-order valence-corrected chi connectivity index (χ3v) is 3.06. The predicted molar refractivity (Wildman–Crippen MR) is 77.5 cm³/mol. The lowest BCUT2D eigenvalue weighted by Gasteiger charge is -2.07. The minimum Gasteiger partial charge on any atom is -0.394 e. The fourth-order valence-electron chi connectivity index (χ4n) is 2.08. The summed E-state index contributed by atoms with van der Waals surface area (Å²) < 4.78 is 7.15. The van der Waals surface area contributed by atoms with Crippen molar-refractivity contribution in [1.82, 2.24) is 9.88 Å². The predicted octanol–water partition coefficient (Wildman–Crippen LogP) is 1.16.